The Morgan fingerprint density at radius 3 is 2.45 bits per heavy atom. The third-order valence-corrected chi connectivity index (χ3v) is 5.77. The molecule has 0 aliphatic carbocycles. The highest BCUT2D eigenvalue weighted by molar-refractivity contribution is 9.10. The minimum atomic E-state index is 0.566. The number of ether oxygens (including phenoxy) is 1. The number of imidazole rings is 1. The lowest BCUT2D eigenvalue weighted by Gasteiger charge is -2.12. The van der Waals surface area contributed by atoms with Gasteiger partial charge in [0, 0.05) is 10.0 Å². The van der Waals surface area contributed by atoms with Crippen molar-refractivity contribution in [1.29, 1.82) is 0 Å². The Morgan fingerprint density at radius 1 is 0.793 bits per heavy atom. The number of nitrogens with zero attached hydrogens (tertiary/aromatic N) is 2. The summed E-state index contributed by atoms with van der Waals surface area (Å²) in [6.07, 6.45) is 0. The third kappa shape index (κ3) is 3.52. The molecule has 3 nitrogen and oxygen atoms in total. The topological polar surface area (TPSA) is 27.1 Å². The van der Waals surface area contributed by atoms with Gasteiger partial charge < -0.3 is 9.30 Å². The second-order valence-corrected chi connectivity index (χ2v) is 7.77. The van der Waals surface area contributed by atoms with Gasteiger partial charge in [0.1, 0.15) is 18.2 Å². The van der Waals surface area contributed by atoms with Crippen LogP contribution >= 0.6 is 15.9 Å². The molecule has 29 heavy (non-hydrogen) atoms. The molecule has 0 spiro atoms. The molecule has 4 aromatic carbocycles. The summed E-state index contributed by atoms with van der Waals surface area (Å²) in [4.78, 5) is 4.89. The van der Waals surface area contributed by atoms with E-state index in [1.165, 1.54) is 10.8 Å². The van der Waals surface area contributed by atoms with Crippen molar-refractivity contribution in [3.63, 3.8) is 0 Å². The second kappa shape index (κ2) is 7.72. The lowest BCUT2D eigenvalue weighted by molar-refractivity contribution is 0.301. The molecule has 0 amide bonds. The van der Waals surface area contributed by atoms with E-state index in [2.05, 4.69) is 75.1 Å². The average molecular weight is 443 g/mol. The van der Waals surface area contributed by atoms with Crippen molar-refractivity contribution in [2.45, 2.75) is 6.54 Å². The minimum absolute atomic E-state index is 0.566. The summed E-state index contributed by atoms with van der Waals surface area (Å²) < 4.78 is 9.36. The fourth-order valence-corrected chi connectivity index (χ4v) is 4.12. The molecular formula is C25H19BrN2O. The van der Waals surface area contributed by atoms with Gasteiger partial charge in [0.25, 0.3) is 0 Å². The van der Waals surface area contributed by atoms with Crippen LogP contribution < -0.4 is 4.74 Å². The molecule has 4 heteroatoms. The van der Waals surface area contributed by atoms with Gasteiger partial charge in [0.15, 0.2) is 0 Å². The lowest BCUT2D eigenvalue weighted by atomic mass is 10.1. The van der Waals surface area contributed by atoms with Crippen molar-refractivity contribution >= 4 is 37.7 Å². The number of benzene rings is 4. The Morgan fingerprint density at radius 2 is 1.55 bits per heavy atom. The number of halogens is 1. The SMILES string of the molecule is Brc1ccccc1-c1nc2ccccc2n1CCOc1ccc2ccccc2c1. The molecule has 1 heterocycles. The van der Waals surface area contributed by atoms with Gasteiger partial charge in [0.05, 0.1) is 17.6 Å². The Bertz CT molecular complexity index is 1310. The van der Waals surface area contributed by atoms with Crippen molar-refractivity contribution in [1.82, 2.24) is 9.55 Å². The van der Waals surface area contributed by atoms with Crippen molar-refractivity contribution in [2.24, 2.45) is 0 Å². The highest BCUT2D eigenvalue weighted by Gasteiger charge is 2.14. The van der Waals surface area contributed by atoms with Crippen LogP contribution in [0.5, 0.6) is 5.75 Å². The Balaban J connectivity index is 1.45. The van der Waals surface area contributed by atoms with Crippen LogP contribution in [0.4, 0.5) is 0 Å². The lowest BCUT2D eigenvalue weighted by Crippen LogP contribution is -2.09. The summed E-state index contributed by atoms with van der Waals surface area (Å²) in [6, 6.07) is 31.0. The van der Waals surface area contributed by atoms with Crippen LogP contribution in [0.1, 0.15) is 0 Å². The van der Waals surface area contributed by atoms with E-state index in [1.54, 1.807) is 0 Å². The van der Waals surface area contributed by atoms with E-state index in [0.717, 1.165) is 32.6 Å². The zero-order valence-electron chi connectivity index (χ0n) is 15.8. The Hall–Kier alpha value is -3.11. The molecule has 0 unspecified atom stereocenters. The molecule has 1 aromatic heterocycles. The molecule has 5 aromatic rings. The Kier molecular flexibility index (Phi) is 4.78. The van der Waals surface area contributed by atoms with Crippen LogP contribution in [0, 0.1) is 0 Å². The summed E-state index contributed by atoms with van der Waals surface area (Å²) in [5.41, 5.74) is 3.18. The zero-order valence-corrected chi connectivity index (χ0v) is 17.3. The fraction of sp³-hybridized carbons (Fsp3) is 0.0800. The summed E-state index contributed by atoms with van der Waals surface area (Å²) in [5.74, 6) is 1.83. The van der Waals surface area contributed by atoms with E-state index in [9.17, 15) is 0 Å². The van der Waals surface area contributed by atoms with Gasteiger partial charge >= 0.3 is 0 Å². The number of hydrogen-bond donors (Lipinski definition) is 0. The minimum Gasteiger partial charge on any atom is -0.492 e. The van der Waals surface area contributed by atoms with E-state index >= 15 is 0 Å². The summed E-state index contributed by atoms with van der Waals surface area (Å²) in [6.45, 7) is 1.28. The van der Waals surface area contributed by atoms with Crippen LogP contribution in [0.3, 0.4) is 0 Å². The predicted octanol–water partition coefficient (Wildman–Crippen LogP) is 6.70. The van der Waals surface area contributed by atoms with E-state index in [1.807, 2.05) is 36.4 Å². The molecule has 0 aliphatic heterocycles. The number of fused-ring (bicyclic) bond motifs is 2. The maximum absolute atomic E-state index is 6.10. The van der Waals surface area contributed by atoms with Gasteiger partial charge in [-0.05, 0) is 41.1 Å². The molecule has 0 saturated carbocycles. The van der Waals surface area contributed by atoms with Crippen LogP contribution in [0.15, 0.2) is 95.5 Å². The van der Waals surface area contributed by atoms with Crippen molar-refractivity contribution in [2.75, 3.05) is 6.61 Å². The smallest absolute Gasteiger partial charge is 0.142 e. The number of rotatable bonds is 5. The highest BCUT2D eigenvalue weighted by atomic mass is 79.9. The van der Waals surface area contributed by atoms with Crippen LogP contribution in [-0.4, -0.2) is 16.2 Å². The first-order valence-electron chi connectivity index (χ1n) is 9.61. The maximum atomic E-state index is 6.10. The van der Waals surface area contributed by atoms with E-state index in [-0.39, 0.29) is 0 Å². The maximum Gasteiger partial charge on any atom is 0.142 e. The van der Waals surface area contributed by atoms with Crippen molar-refractivity contribution < 1.29 is 4.74 Å². The summed E-state index contributed by atoms with van der Waals surface area (Å²) in [5, 5.41) is 2.41. The van der Waals surface area contributed by atoms with Crippen LogP contribution in [-0.2, 0) is 6.54 Å². The van der Waals surface area contributed by atoms with Crippen molar-refractivity contribution in [3.8, 4) is 17.1 Å². The fourth-order valence-electron chi connectivity index (χ4n) is 3.66. The molecule has 0 atom stereocenters. The first-order valence-corrected chi connectivity index (χ1v) is 10.4. The average Bonchev–Trinajstić information content (AvgIpc) is 3.12. The molecule has 0 fully saturated rings. The third-order valence-electron chi connectivity index (χ3n) is 5.07. The number of para-hydroxylation sites is 2. The largest absolute Gasteiger partial charge is 0.492 e. The van der Waals surface area contributed by atoms with E-state index in [0.29, 0.717) is 13.2 Å². The standard InChI is InChI=1S/C25H19BrN2O/c26-22-10-4-3-9-21(22)25-27-23-11-5-6-12-24(23)28(25)15-16-29-20-14-13-18-7-1-2-8-19(18)17-20/h1-14,17H,15-16H2. The normalized spacial score (nSPS) is 11.2. The molecule has 0 aliphatic rings. The quantitative estimate of drug-likeness (QED) is 0.302. The van der Waals surface area contributed by atoms with Crippen molar-refractivity contribution in [3.05, 3.63) is 95.5 Å². The van der Waals surface area contributed by atoms with Gasteiger partial charge in [-0.3, -0.25) is 0 Å². The summed E-state index contributed by atoms with van der Waals surface area (Å²) in [7, 11) is 0. The number of hydrogen-bond acceptors (Lipinski definition) is 2. The second-order valence-electron chi connectivity index (χ2n) is 6.91. The van der Waals surface area contributed by atoms with E-state index in [4.69, 9.17) is 9.72 Å². The predicted molar refractivity (Wildman–Crippen MR) is 122 cm³/mol. The molecule has 0 N–H and O–H groups in total. The van der Waals surface area contributed by atoms with Gasteiger partial charge in [-0.25, -0.2) is 4.98 Å². The van der Waals surface area contributed by atoms with Crippen LogP contribution in [0.25, 0.3) is 33.2 Å². The highest BCUT2D eigenvalue weighted by Crippen LogP contribution is 2.30. The molecule has 142 valence electrons. The first-order chi connectivity index (χ1) is 14.3. The number of aromatic nitrogens is 2. The molecule has 0 radical (unpaired) electrons. The Labute approximate surface area is 177 Å². The molecule has 5 rings (SSSR count). The van der Waals surface area contributed by atoms with E-state index < -0.39 is 0 Å². The molecule has 0 bridgehead atoms. The molecular weight excluding hydrogens is 424 g/mol. The van der Waals surface area contributed by atoms with Gasteiger partial charge in [-0.1, -0.05) is 76.6 Å². The first kappa shape index (κ1) is 18.0. The summed E-state index contributed by atoms with van der Waals surface area (Å²) >= 11 is 3.67. The molecule has 0 saturated heterocycles. The van der Waals surface area contributed by atoms with Gasteiger partial charge in [0.2, 0.25) is 0 Å². The van der Waals surface area contributed by atoms with Gasteiger partial charge in [-0.15, -0.1) is 0 Å². The van der Waals surface area contributed by atoms with Crippen LogP contribution in [0.2, 0.25) is 0 Å². The zero-order chi connectivity index (χ0) is 19.6. The monoisotopic (exact) mass is 442 g/mol. The van der Waals surface area contributed by atoms with Gasteiger partial charge in [-0.2, -0.15) is 0 Å².